The molecular weight excluding hydrogens is 430 g/mol. The third kappa shape index (κ3) is 5.80. The van der Waals surface area contributed by atoms with Gasteiger partial charge in [0.25, 0.3) is 0 Å². The van der Waals surface area contributed by atoms with Crippen LogP contribution in [0.15, 0.2) is 48.0 Å². The lowest BCUT2D eigenvalue weighted by Gasteiger charge is -2.32. The SMILES string of the molecule is CCOCC(=O)OC1=C(CC2CCN(Cc3ccccc3)CC2)Cc2cc(OC)c(OC)cc21. The van der Waals surface area contributed by atoms with Gasteiger partial charge in [-0.3, -0.25) is 4.90 Å². The Morgan fingerprint density at radius 1 is 1.03 bits per heavy atom. The van der Waals surface area contributed by atoms with Crippen LogP contribution in [0, 0.1) is 5.92 Å². The zero-order chi connectivity index (χ0) is 23.9. The summed E-state index contributed by atoms with van der Waals surface area (Å²) in [5.41, 5.74) is 4.56. The predicted molar refractivity (Wildman–Crippen MR) is 132 cm³/mol. The second-order valence-corrected chi connectivity index (χ2v) is 8.99. The Morgan fingerprint density at radius 3 is 2.41 bits per heavy atom. The Balaban J connectivity index is 1.47. The number of rotatable bonds is 10. The van der Waals surface area contributed by atoms with Gasteiger partial charge in [-0.15, -0.1) is 0 Å². The molecule has 2 aromatic carbocycles. The maximum atomic E-state index is 12.5. The smallest absolute Gasteiger partial charge is 0.337 e. The molecule has 0 aromatic heterocycles. The van der Waals surface area contributed by atoms with Crippen LogP contribution in [0.5, 0.6) is 11.5 Å². The minimum absolute atomic E-state index is 0.0478. The third-order valence-electron chi connectivity index (χ3n) is 6.71. The summed E-state index contributed by atoms with van der Waals surface area (Å²) in [5.74, 6) is 2.20. The van der Waals surface area contributed by atoms with Gasteiger partial charge in [0, 0.05) is 18.7 Å². The second-order valence-electron chi connectivity index (χ2n) is 8.99. The van der Waals surface area contributed by atoms with Gasteiger partial charge in [-0.05, 0) is 80.4 Å². The van der Waals surface area contributed by atoms with Crippen LogP contribution in [-0.2, 0) is 27.2 Å². The average molecular weight is 466 g/mol. The van der Waals surface area contributed by atoms with Crippen molar-refractivity contribution >= 4 is 11.7 Å². The van der Waals surface area contributed by atoms with Crippen LogP contribution >= 0.6 is 0 Å². The fourth-order valence-corrected chi connectivity index (χ4v) is 4.94. The van der Waals surface area contributed by atoms with Gasteiger partial charge in [0.05, 0.1) is 14.2 Å². The number of methoxy groups -OCH3 is 2. The lowest BCUT2D eigenvalue weighted by molar-refractivity contribution is -0.141. The molecule has 182 valence electrons. The Hall–Kier alpha value is -2.83. The summed E-state index contributed by atoms with van der Waals surface area (Å²) >= 11 is 0. The van der Waals surface area contributed by atoms with Crippen LogP contribution < -0.4 is 9.47 Å². The lowest BCUT2D eigenvalue weighted by atomic mass is 9.89. The van der Waals surface area contributed by atoms with Crippen LogP contribution in [0.3, 0.4) is 0 Å². The molecule has 1 aliphatic heterocycles. The maximum Gasteiger partial charge on any atom is 0.337 e. The van der Waals surface area contributed by atoms with Crippen molar-refractivity contribution in [2.75, 3.05) is 40.5 Å². The minimum atomic E-state index is -0.366. The first-order valence-corrected chi connectivity index (χ1v) is 12.1. The Bertz CT molecular complexity index is 1010. The summed E-state index contributed by atoms with van der Waals surface area (Å²) in [6.07, 6.45) is 3.96. The second kappa shape index (κ2) is 11.5. The van der Waals surface area contributed by atoms with E-state index in [-0.39, 0.29) is 12.6 Å². The van der Waals surface area contributed by atoms with Gasteiger partial charge in [0.15, 0.2) is 11.5 Å². The first-order chi connectivity index (χ1) is 16.6. The van der Waals surface area contributed by atoms with E-state index in [9.17, 15) is 4.79 Å². The molecule has 0 spiro atoms. The molecule has 0 N–H and O–H groups in total. The largest absolute Gasteiger partial charge is 0.493 e. The molecule has 0 amide bonds. The topological polar surface area (TPSA) is 57.2 Å². The number of esters is 1. The van der Waals surface area contributed by atoms with Crippen molar-refractivity contribution in [1.82, 2.24) is 4.90 Å². The van der Waals surface area contributed by atoms with Crippen LogP contribution in [-0.4, -0.2) is 51.4 Å². The predicted octanol–water partition coefficient (Wildman–Crippen LogP) is 4.85. The highest BCUT2D eigenvalue weighted by atomic mass is 16.6. The van der Waals surface area contributed by atoms with Crippen LogP contribution in [0.25, 0.3) is 5.76 Å². The number of carbonyl (C=O) groups is 1. The molecule has 1 saturated heterocycles. The number of nitrogens with zero attached hydrogens (tertiary/aromatic N) is 1. The highest BCUT2D eigenvalue weighted by Crippen LogP contribution is 2.43. The Morgan fingerprint density at radius 2 is 1.74 bits per heavy atom. The van der Waals surface area contributed by atoms with Crippen molar-refractivity contribution in [2.45, 2.75) is 39.2 Å². The molecule has 34 heavy (non-hydrogen) atoms. The summed E-state index contributed by atoms with van der Waals surface area (Å²) in [7, 11) is 3.26. The van der Waals surface area contributed by atoms with Crippen molar-refractivity contribution in [3.63, 3.8) is 0 Å². The summed E-state index contributed by atoms with van der Waals surface area (Å²) in [6, 6.07) is 14.6. The van der Waals surface area contributed by atoms with Crippen LogP contribution in [0.2, 0.25) is 0 Å². The van der Waals surface area contributed by atoms with Gasteiger partial charge in [-0.2, -0.15) is 0 Å². The van der Waals surface area contributed by atoms with E-state index in [1.807, 2.05) is 19.1 Å². The number of likely N-dealkylation sites (tertiary alicyclic amines) is 1. The number of hydrogen-bond acceptors (Lipinski definition) is 6. The van der Waals surface area contributed by atoms with E-state index in [0.717, 1.165) is 56.4 Å². The molecule has 1 fully saturated rings. The van der Waals surface area contributed by atoms with Crippen molar-refractivity contribution in [2.24, 2.45) is 5.92 Å². The number of hydrogen-bond donors (Lipinski definition) is 0. The van der Waals surface area contributed by atoms with Crippen LogP contribution in [0.4, 0.5) is 0 Å². The first kappa shape index (κ1) is 24.3. The fraction of sp³-hybridized carbons (Fsp3) is 0.464. The van der Waals surface area contributed by atoms with E-state index >= 15 is 0 Å². The molecule has 6 heteroatoms. The molecule has 4 rings (SSSR count). The monoisotopic (exact) mass is 465 g/mol. The third-order valence-corrected chi connectivity index (χ3v) is 6.71. The maximum absolute atomic E-state index is 12.5. The molecule has 1 heterocycles. The molecule has 0 atom stereocenters. The first-order valence-electron chi connectivity index (χ1n) is 12.1. The molecular formula is C28H35NO5. The number of fused-ring (bicyclic) bond motifs is 1. The lowest BCUT2D eigenvalue weighted by Crippen LogP contribution is -2.33. The zero-order valence-electron chi connectivity index (χ0n) is 20.5. The molecule has 6 nitrogen and oxygen atoms in total. The molecule has 0 saturated carbocycles. The van der Waals surface area contributed by atoms with E-state index in [0.29, 0.717) is 29.8 Å². The Labute approximate surface area is 202 Å². The standard InChI is InChI=1S/C28H35NO5/c1-4-33-19-27(30)34-28-23(15-22-16-25(31-2)26(32-3)17-24(22)28)14-20-10-12-29(13-11-20)18-21-8-6-5-7-9-21/h5-9,16-17,20H,4,10-15,18-19H2,1-3H3. The summed E-state index contributed by atoms with van der Waals surface area (Å²) in [4.78, 5) is 15.0. The van der Waals surface area contributed by atoms with Crippen molar-refractivity contribution < 1.29 is 23.7 Å². The fourth-order valence-electron chi connectivity index (χ4n) is 4.94. The summed E-state index contributed by atoms with van der Waals surface area (Å²) < 4.78 is 22.2. The molecule has 2 aromatic rings. The van der Waals surface area contributed by atoms with Crippen LogP contribution in [0.1, 0.15) is 42.9 Å². The van der Waals surface area contributed by atoms with Gasteiger partial charge >= 0.3 is 5.97 Å². The summed E-state index contributed by atoms with van der Waals surface area (Å²) in [5, 5.41) is 0. The van der Waals surface area contributed by atoms with Gasteiger partial charge in [-0.1, -0.05) is 30.3 Å². The quantitative estimate of drug-likeness (QED) is 0.468. The van der Waals surface area contributed by atoms with E-state index in [4.69, 9.17) is 18.9 Å². The van der Waals surface area contributed by atoms with E-state index in [1.54, 1.807) is 14.2 Å². The van der Waals surface area contributed by atoms with E-state index in [2.05, 4.69) is 35.2 Å². The van der Waals surface area contributed by atoms with Crippen molar-refractivity contribution in [3.8, 4) is 11.5 Å². The number of benzene rings is 2. The average Bonchev–Trinajstić information content (AvgIpc) is 3.19. The molecule has 2 aliphatic rings. The molecule has 0 radical (unpaired) electrons. The van der Waals surface area contributed by atoms with Gasteiger partial charge in [-0.25, -0.2) is 4.79 Å². The van der Waals surface area contributed by atoms with E-state index in [1.165, 1.54) is 11.1 Å². The number of ether oxygens (including phenoxy) is 4. The van der Waals surface area contributed by atoms with Crippen molar-refractivity contribution in [1.29, 1.82) is 0 Å². The number of piperidine rings is 1. The normalized spacial score (nSPS) is 16.4. The zero-order valence-corrected chi connectivity index (χ0v) is 20.5. The molecule has 1 aliphatic carbocycles. The van der Waals surface area contributed by atoms with Crippen molar-refractivity contribution in [3.05, 3.63) is 64.7 Å². The molecule has 0 unspecified atom stereocenters. The highest BCUT2D eigenvalue weighted by molar-refractivity contribution is 5.84. The van der Waals surface area contributed by atoms with Gasteiger partial charge in [0.1, 0.15) is 12.4 Å². The Kier molecular flexibility index (Phi) is 8.25. The number of allylic oxidation sites excluding steroid dienone is 1. The minimum Gasteiger partial charge on any atom is -0.493 e. The molecule has 0 bridgehead atoms. The van der Waals surface area contributed by atoms with Gasteiger partial charge < -0.3 is 18.9 Å². The highest BCUT2D eigenvalue weighted by Gasteiger charge is 2.30. The van der Waals surface area contributed by atoms with Gasteiger partial charge in [0.2, 0.25) is 0 Å². The number of carbonyl (C=O) groups excluding carboxylic acids is 1. The van der Waals surface area contributed by atoms with E-state index < -0.39 is 0 Å². The summed E-state index contributed by atoms with van der Waals surface area (Å²) in [6.45, 7) is 5.46.